The predicted molar refractivity (Wildman–Crippen MR) is 134 cm³/mol. The minimum absolute atomic E-state index is 0.0520. The van der Waals surface area contributed by atoms with Crippen molar-refractivity contribution in [3.8, 4) is 0 Å². The van der Waals surface area contributed by atoms with E-state index >= 15 is 0 Å². The lowest BCUT2D eigenvalue weighted by atomic mass is 10.2. The highest BCUT2D eigenvalue weighted by atomic mass is 32.1. The monoisotopic (exact) mass is 428 g/mol. The lowest BCUT2D eigenvalue weighted by molar-refractivity contribution is 1.21. The molecule has 0 aliphatic heterocycles. The highest BCUT2D eigenvalue weighted by Crippen LogP contribution is 2.42. The molecule has 0 nitrogen and oxygen atoms in total. The van der Waals surface area contributed by atoms with E-state index in [4.69, 9.17) is 25.3 Å². The average Bonchev–Trinajstić information content (AvgIpc) is 2.82. The van der Waals surface area contributed by atoms with Crippen molar-refractivity contribution in [1.82, 2.24) is 0 Å². The molecule has 0 saturated carbocycles. The van der Waals surface area contributed by atoms with Crippen molar-refractivity contribution >= 4 is 43.7 Å². The maximum absolute atomic E-state index is 5.33. The quantitative estimate of drug-likeness (QED) is 0.287. The molecule has 0 fully saturated rings. The molecule has 0 aliphatic carbocycles. The number of hydrogen-bond acceptors (Lipinski definition) is 2. The zero-order valence-corrected chi connectivity index (χ0v) is 18.9. The van der Waals surface area contributed by atoms with Crippen molar-refractivity contribution in [3.63, 3.8) is 0 Å². The van der Waals surface area contributed by atoms with E-state index in [1.807, 2.05) is 0 Å². The second kappa shape index (κ2) is 9.08. The first-order valence-electron chi connectivity index (χ1n) is 9.81. The van der Waals surface area contributed by atoms with Crippen LogP contribution in [-0.4, -0.2) is 8.07 Å². The first-order chi connectivity index (χ1) is 14.2. The van der Waals surface area contributed by atoms with E-state index in [0.29, 0.717) is 0 Å². The summed E-state index contributed by atoms with van der Waals surface area (Å²) in [4.78, 5) is 0.104. The summed E-state index contributed by atoms with van der Waals surface area (Å²) < 4.78 is 0. The van der Waals surface area contributed by atoms with Gasteiger partial charge in [0.05, 0.1) is 0 Å². The second-order valence-electron chi connectivity index (χ2n) is 7.23. The minimum Gasteiger partial charge on any atom is -0.173 e. The van der Waals surface area contributed by atoms with Gasteiger partial charge in [0.15, 0.2) is 8.07 Å². The summed E-state index contributed by atoms with van der Waals surface area (Å²) in [7, 11) is -2.51. The fourth-order valence-corrected chi connectivity index (χ4v) is 12.4. The molecule has 0 spiro atoms. The van der Waals surface area contributed by atoms with Crippen LogP contribution in [0.25, 0.3) is 0 Å². The summed E-state index contributed by atoms with van der Waals surface area (Å²) in [6, 6.07) is 43.1. The van der Waals surface area contributed by atoms with E-state index in [2.05, 4.69) is 121 Å². The largest absolute Gasteiger partial charge is 0.173 e. The molecule has 0 N–H and O–H groups in total. The van der Waals surface area contributed by atoms with Crippen molar-refractivity contribution < 1.29 is 0 Å². The maximum atomic E-state index is 5.33. The molecule has 0 radical (unpaired) electrons. The molecule has 0 aliphatic rings. The Kier molecular flexibility index (Phi) is 6.29. The first kappa shape index (κ1) is 20.1. The van der Waals surface area contributed by atoms with Gasteiger partial charge in [-0.1, -0.05) is 132 Å². The molecular weight excluding hydrogens is 405 g/mol. The fourth-order valence-electron chi connectivity index (χ4n) is 4.17. The van der Waals surface area contributed by atoms with Crippen LogP contribution in [0.3, 0.4) is 0 Å². The highest BCUT2D eigenvalue weighted by Gasteiger charge is 2.49. The third kappa shape index (κ3) is 3.83. The number of thiol groups is 2. The molecule has 4 rings (SSSR count). The van der Waals surface area contributed by atoms with Gasteiger partial charge >= 0.3 is 0 Å². The van der Waals surface area contributed by atoms with Crippen molar-refractivity contribution in [1.29, 1.82) is 0 Å². The van der Waals surface area contributed by atoms with E-state index in [1.165, 1.54) is 21.5 Å². The molecule has 4 aromatic carbocycles. The Morgan fingerprint density at radius 2 is 0.690 bits per heavy atom. The smallest absolute Gasteiger partial charge is 0.151 e. The number of benzene rings is 4. The Hall–Kier alpha value is -2.20. The van der Waals surface area contributed by atoms with Crippen LogP contribution in [0.15, 0.2) is 121 Å². The Balaban J connectivity index is 2.03. The second-order valence-corrected chi connectivity index (χ2v) is 13.3. The van der Waals surface area contributed by atoms with Crippen molar-refractivity contribution in [2.24, 2.45) is 0 Å². The van der Waals surface area contributed by atoms with Crippen LogP contribution in [-0.2, 0) is 0 Å². The van der Waals surface area contributed by atoms with Gasteiger partial charge in [0, 0.05) is 9.75 Å². The molecule has 0 bridgehead atoms. The summed E-state index contributed by atoms with van der Waals surface area (Å²) >= 11 is 10.7. The van der Waals surface area contributed by atoms with Gasteiger partial charge in [0.1, 0.15) is 0 Å². The zero-order valence-electron chi connectivity index (χ0n) is 16.1. The maximum Gasteiger partial charge on any atom is 0.151 e. The van der Waals surface area contributed by atoms with Gasteiger partial charge in [-0.15, -0.1) is 0 Å². The molecule has 4 aromatic rings. The molecule has 3 heteroatoms. The molecule has 0 amide bonds. The van der Waals surface area contributed by atoms with E-state index in [1.54, 1.807) is 0 Å². The average molecular weight is 429 g/mol. The van der Waals surface area contributed by atoms with Crippen LogP contribution in [0.2, 0.25) is 0 Å². The zero-order chi connectivity index (χ0) is 20.1. The predicted octanol–water partition coefficient (Wildman–Crippen LogP) is 5.67. The van der Waals surface area contributed by atoms with Crippen molar-refractivity contribution in [2.75, 3.05) is 0 Å². The molecule has 0 saturated heterocycles. The van der Waals surface area contributed by atoms with E-state index < -0.39 is 8.07 Å². The van der Waals surface area contributed by atoms with Crippen LogP contribution in [0.4, 0.5) is 0 Å². The van der Waals surface area contributed by atoms with Crippen LogP contribution in [0.1, 0.15) is 20.9 Å². The molecular formula is C26H24S2Si. The number of hydrogen-bond donors (Lipinski definition) is 2. The molecule has 0 unspecified atom stereocenters. The van der Waals surface area contributed by atoms with Crippen molar-refractivity contribution in [3.05, 3.63) is 132 Å². The Morgan fingerprint density at radius 3 is 1.00 bits per heavy atom. The topological polar surface area (TPSA) is 0 Å². The fraction of sp³-hybridized carbons (Fsp3) is 0.0769. The standard InChI is InChI=1S/C26H24S2Si/c27-25(21-13-5-1-6-14-21)29(23-17-9-3-10-18-23,24-19-11-4-12-20-24)26(28)22-15-7-2-8-16-22/h1-20,25-28H/t25-,26+. The molecule has 0 aromatic heterocycles. The van der Waals surface area contributed by atoms with Gasteiger partial charge in [0.2, 0.25) is 0 Å². The third-order valence-electron chi connectivity index (χ3n) is 5.60. The lowest BCUT2D eigenvalue weighted by Crippen LogP contribution is -2.64. The van der Waals surface area contributed by atoms with Gasteiger partial charge in [0.25, 0.3) is 0 Å². The molecule has 0 heterocycles. The Bertz CT molecular complexity index is 934. The van der Waals surface area contributed by atoms with Crippen LogP contribution >= 0.6 is 25.3 Å². The summed E-state index contributed by atoms with van der Waals surface area (Å²) in [5.74, 6) is 0. The summed E-state index contributed by atoms with van der Waals surface area (Å²) in [6.45, 7) is 0. The number of rotatable bonds is 6. The van der Waals surface area contributed by atoms with Gasteiger partial charge in [-0.2, -0.15) is 25.3 Å². The summed E-state index contributed by atoms with van der Waals surface area (Å²) in [5.41, 5.74) is 2.48. The molecule has 2 atom stereocenters. The van der Waals surface area contributed by atoms with Crippen molar-refractivity contribution in [2.45, 2.75) is 9.75 Å². The van der Waals surface area contributed by atoms with E-state index in [-0.39, 0.29) is 9.75 Å². The minimum atomic E-state index is -2.51. The third-order valence-corrected chi connectivity index (χ3v) is 13.6. The summed E-state index contributed by atoms with van der Waals surface area (Å²) in [5, 5.41) is 2.69. The van der Waals surface area contributed by atoms with Gasteiger partial charge in [-0.25, -0.2) is 0 Å². The van der Waals surface area contributed by atoms with Gasteiger partial charge in [-0.05, 0) is 11.1 Å². The van der Waals surface area contributed by atoms with Crippen LogP contribution in [0, 0.1) is 0 Å². The lowest BCUT2D eigenvalue weighted by Gasteiger charge is -2.42. The molecule has 144 valence electrons. The molecule has 29 heavy (non-hydrogen) atoms. The van der Waals surface area contributed by atoms with Crippen LogP contribution in [0.5, 0.6) is 0 Å². The summed E-state index contributed by atoms with van der Waals surface area (Å²) in [6.07, 6.45) is 0. The highest BCUT2D eigenvalue weighted by molar-refractivity contribution is 7.86. The van der Waals surface area contributed by atoms with Gasteiger partial charge in [-0.3, -0.25) is 0 Å². The normalized spacial score (nSPS) is 13.6. The van der Waals surface area contributed by atoms with E-state index in [0.717, 1.165) is 0 Å². The Labute approximate surface area is 185 Å². The SMILES string of the molecule is S[C@H](c1ccccc1)[Si](c1ccccc1)(c1ccccc1)[C@@H](S)c1ccccc1. The van der Waals surface area contributed by atoms with E-state index in [9.17, 15) is 0 Å². The Morgan fingerprint density at radius 1 is 0.414 bits per heavy atom. The van der Waals surface area contributed by atoms with Gasteiger partial charge < -0.3 is 0 Å². The first-order valence-corrected chi connectivity index (χ1v) is 13.0. The van der Waals surface area contributed by atoms with Crippen LogP contribution < -0.4 is 10.4 Å².